The third-order valence-corrected chi connectivity index (χ3v) is 4.33. The second-order valence-corrected chi connectivity index (χ2v) is 6.63. The van der Waals surface area contributed by atoms with E-state index in [9.17, 15) is 0 Å². The molecule has 0 radical (unpaired) electrons. The summed E-state index contributed by atoms with van der Waals surface area (Å²) in [6, 6.07) is 5.98. The standard InChI is InChI=1S/C14H21BrClNS/c1-18-9-5-3-2-4-8-17-11-12-10-13(15)6-7-14(12)16/h6-7,10,17H,2-5,8-9,11H2,1H3. The van der Waals surface area contributed by atoms with Gasteiger partial charge in [0, 0.05) is 16.0 Å². The van der Waals surface area contributed by atoms with Crippen LogP contribution < -0.4 is 5.32 Å². The largest absolute Gasteiger partial charge is 0.313 e. The highest BCUT2D eigenvalue weighted by Crippen LogP contribution is 2.20. The molecule has 0 aliphatic carbocycles. The highest BCUT2D eigenvalue weighted by Gasteiger charge is 2.00. The van der Waals surface area contributed by atoms with Crippen LogP contribution in [0.15, 0.2) is 22.7 Å². The molecule has 0 unspecified atom stereocenters. The van der Waals surface area contributed by atoms with Crippen LogP contribution in [0, 0.1) is 0 Å². The smallest absolute Gasteiger partial charge is 0.0451 e. The fraction of sp³-hybridized carbons (Fsp3) is 0.571. The minimum atomic E-state index is 0.839. The van der Waals surface area contributed by atoms with Gasteiger partial charge in [-0.3, -0.25) is 0 Å². The topological polar surface area (TPSA) is 12.0 Å². The number of rotatable bonds is 9. The maximum atomic E-state index is 6.13. The van der Waals surface area contributed by atoms with Crippen LogP contribution in [0.5, 0.6) is 0 Å². The summed E-state index contributed by atoms with van der Waals surface area (Å²) in [6.45, 7) is 1.92. The molecule has 0 amide bonds. The van der Waals surface area contributed by atoms with E-state index in [-0.39, 0.29) is 0 Å². The molecule has 0 aliphatic heterocycles. The Morgan fingerprint density at radius 3 is 2.78 bits per heavy atom. The fourth-order valence-electron chi connectivity index (χ4n) is 1.75. The van der Waals surface area contributed by atoms with E-state index in [0.717, 1.165) is 28.1 Å². The van der Waals surface area contributed by atoms with E-state index in [4.69, 9.17) is 11.6 Å². The van der Waals surface area contributed by atoms with Crippen LogP contribution in [0.4, 0.5) is 0 Å². The first kappa shape index (κ1) is 16.4. The molecule has 0 fully saturated rings. The van der Waals surface area contributed by atoms with E-state index in [0.29, 0.717) is 0 Å². The van der Waals surface area contributed by atoms with Gasteiger partial charge in [0.15, 0.2) is 0 Å². The molecule has 1 N–H and O–H groups in total. The van der Waals surface area contributed by atoms with Gasteiger partial charge in [-0.15, -0.1) is 0 Å². The summed E-state index contributed by atoms with van der Waals surface area (Å²) < 4.78 is 1.08. The highest BCUT2D eigenvalue weighted by molar-refractivity contribution is 9.10. The summed E-state index contributed by atoms with van der Waals surface area (Å²) in [4.78, 5) is 0. The summed E-state index contributed by atoms with van der Waals surface area (Å²) in [5, 5.41) is 4.29. The lowest BCUT2D eigenvalue weighted by atomic mass is 10.2. The predicted octanol–water partition coefficient (Wildman–Crippen LogP) is 5.12. The Balaban J connectivity index is 2.09. The van der Waals surface area contributed by atoms with Crippen molar-refractivity contribution in [3.8, 4) is 0 Å². The van der Waals surface area contributed by atoms with Crippen molar-refractivity contribution in [2.75, 3.05) is 18.6 Å². The van der Waals surface area contributed by atoms with Gasteiger partial charge in [-0.05, 0) is 55.2 Å². The van der Waals surface area contributed by atoms with E-state index < -0.39 is 0 Å². The molecule has 0 saturated carbocycles. The lowest BCUT2D eigenvalue weighted by molar-refractivity contribution is 0.599. The molecule has 102 valence electrons. The van der Waals surface area contributed by atoms with Gasteiger partial charge in [0.1, 0.15) is 0 Å². The van der Waals surface area contributed by atoms with E-state index >= 15 is 0 Å². The van der Waals surface area contributed by atoms with Crippen LogP contribution in [-0.4, -0.2) is 18.6 Å². The second-order valence-electron chi connectivity index (χ2n) is 4.32. The third kappa shape index (κ3) is 7.03. The van der Waals surface area contributed by atoms with Crippen molar-refractivity contribution < 1.29 is 0 Å². The van der Waals surface area contributed by atoms with Crippen molar-refractivity contribution in [2.45, 2.75) is 32.2 Å². The summed E-state index contributed by atoms with van der Waals surface area (Å²) >= 11 is 11.5. The molecule has 1 nitrogen and oxygen atoms in total. The average molecular weight is 351 g/mol. The molecule has 0 spiro atoms. The summed E-state index contributed by atoms with van der Waals surface area (Å²) in [5.74, 6) is 1.29. The van der Waals surface area contributed by atoms with Crippen molar-refractivity contribution in [1.82, 2.24) is 5.32 Å². The van der Waals surface area contributed by atoms with Gasteiger partial charge in [-0.2, -0.15) is 11.8 Å². The Labute approximate surface area is 128 Å². The van der Waals surface area contributed by atoms with Crippen LogP contribution in [0.2, 0.25) is 5.02 Å². The Bertz CT molecular complexity index is 347. The van der Waals surface area contributed by atoms with Gasteiger partial charge < -0.3 is 5.32 Å². The number of unbranched alkanes of at least 4 members (excludes halogenated alkanes) is 3. The zero-order valence-electron chi connectivity index (χ0n) is 10.8. The summed E-state index contributed by atoms with van der Waals surface area (Å²) in [6.07, 6.45) is 7.43. The van der Waals surface area contributed by atoms with Crippen molar-refractivity contribution in [2.24, 2.45) is 0 Å². The Hall–Kier alpha value is 0.300. The summed E-state index contributed by atoms with van der Waals surface area (Å²) in [7, 11) is 0. The minimum Gasteiger partial charge on any atom is -0.313 e. The van der Waals surface area contributed by atoms with Crippen molar-refractivity contribution in [3.05, 3.63) is 33.3 Å². The van der Waals surface area contributed by atoms with E-state index in [1.807, 2.05) is 23.9 Å². The lowest BCUT2D eigenvalue weighted by Crippen LogP contribution is -2.14. The Kier molecular flexibility index (Phi) is 9.21. The SMILES string of the molecule is CSCCCCCCNCc1cc(Br)ccc1Cl. The number of thioether (sulfide) groups is 1. The monoisotopic (exact) mass is 349 g/mol. The first-order chi connectivity index (χ1) is 8.74. The Morgan fingerprint density at radius 1 is 1.22 bits per heavy atom. The maximum Gasteiger partial charge on any atom is 0.0451 e. The molecule has 4 heteroatoms. The molecule has 1 rings (SSSR count). The van der Waals surface area contributed by atoms with Crippen LogP contribution in [-0.2, 0) is 6.54 Å². The molecule has 1 aromatic carbocycles. The molecular formula is C14H21BrClNS. The van der Waals surface area contributed by atoms with Gasteiger partial charge in [0.05, 0.1) is 0 Å². The normalized spacial score (nSPS) is 10.8. The lowest BCUT2D eigenvalue weighted by Gasteiger charge is -2.07. The molecule has 0 heterocycles. The number of hydrogen-bond donors (Lipinski definition) is 1. The average Bonchev–Trinajstić information content (AvgIpc) is 2.36. The van der Waals surface area contributed by atoms with Crippen LogP contribution in [0.1, 0.15) is 31.2 Å². The third-order valence-electron chi connectivity index (χ3n) is 2.78. The van der Waals surface area contributed by atoms with Crippen molar-refractivity contribution >= 4 is 39.3 Å². The molecule has 18 heavy (non-hydrogen) atoms. The zero-order chi connectivity index (χ0) is 13.2. The quantitative estimate of drug-likeness (QED) is 0.621. The first-order valence-electron chi connectivity index (χ1n) is 6.37. The molecule has 0 saturated heterocycles. The van der Waals surface area contributed by atoms with Gasteiger partial charge in [-0.25, -0.2) is 0 Å². The second kappa shape index (κ2) is 10.1. The molecule has 1 aromatic rings. The van der Waals surface area contributed by atoms with Gasteiger partial charge in [0.25, 0.3) is 0 Å². The van der Waals surface area contributed by atoms with Crippen molar-refractivity contribution in [3.63, 3.8) is 0 Å². The number of benzene rings is 1. The highest BCUT2D eigenvalue weighted by atomic mass is 79.9. The van der Waals surface area contributed by atoms with Gasteiger partial charge >= 0.3 is 0 Å². The van der Waals surface area contributed by atoms with Crippen LogP contribution in [0.3, 0.4) is 0 Å². The van der Waals surface area contributed by atoms with Crippen molar-refractivity contribution in [1.29, 1.82) is 0 Å². The van der Waals surface area contributed by atoms with E-state index in [2.05, 4.69) is 33.6 Å². The molecule has 0 aromatic heterocycles. The number of nitrogens with one attached hydrogen (secondary N) is 1. The van der Waals surface area contributed by atoms with Gasteiger partial charge in [0.2, 0.25) is 0 Å². The molecule has 0 atom stereocenters. The number of halogens is 2. The first-order valence-corrected chi connectivity index (χ1v) is 8.94. The van der Waals surface area contributed by atoms with E-state index in [1.54, 1.807) is 0 Å². The maximum absolute atomic E-state index is 6.13. The molecular weight excluding hydrogens is 330 g/mol. The minimum absolute atomic E-state index is 0.839. The predicted molar refractivity (Wildman–Crippen MR) is 87.7 cm³/mol. The van der Waals surface area contributed by atoms with Crippen LogP contribution >= 0.6 is 39.3 Å². The number of hydrogen-bond acceptors (Lipinski definition) is 2. The molecule has 0 bridgehead atoms. The fourth-order valence-corrected chi connectivity index (χ4v) is 2.84. The zero-order valence-corrected chi connectivity index (χ0v) is 14.0. The molecule has 0 aliphatic rings. The summed E-state index contributed by atoms with van der Waals surface area (Å²) in [5.41, 5.74) is 1.16. The Morgan fingerprint density at radius 2 is 2.00 bits per heavy atom. The van der Waals surface area contributed by atoms with Crippen LogP contribution in [0.25, 0.3) is 0 Å². The van der Waals surface area contributed by atoms with Gasteiger partial charge in [-0.1, -0.05) is 40.4 Å². The van der Waals surface area contributed by atoms with E-state index in [1.165, 1.54) is 31.4 Å².